The first-order valence-corrected chi connectivity index (χ1v) is 6.58. The fourth-order valence-corrected chi connectivity index (χ4v) is 3.25. The van der Waals surface area contributed by atoms with Gasteiger partial charge in [-0.05, 0) is 46.7 Å². The Kier molecular flexibility index (Phi) is 3.13. The Labute approximate surface area is 115 Å². The monoisotopic (exact) mass is 291 g/mol. The summed E-state index contributed by atoms with van der Waals surface area (Å²) in [6, 6.07) is 0. The topological polar surface area (TPSA) is 75.6 Å². The van der Waals surface area contributed by atoms with E-state index in [2.05, 4.69) is 5.32 Å². The maximum absolute atomic E-state index is 14.4. The maximum Gasteiger partial charge on any atom is 0.331 e. The Balaban J connectivity index is 2.42. The highest BCUT2D eigenvalue weighted by atomic mass is 19.3. The summed E-state index contributed by atoms with van der Waals surface area (Å²) < 4.78 is 33.7. The molecule has 2 N–H and O–H groups in total. The van der Waals surface area contributed by atoms with E-state index in [0.717, 1.165) is 0 Å². The van der Waals surface area contributed by atoms with Gasteiger partial charge in [0, 0.05) is 0 Å². The molecule has 1 saturated heterocycles. The lowest BCUT2D eigenvalue weighted by Gasteiger charge is -2.26. The second kappa shape index (κ2) is 4.13. The van der Waals surface area contributed by atoms with Gasteiger partial charge in [0.2, 0.25) is 5.41 Å². The van der Waals surface area contributed by atoms with E-state index in [-0.39, 0.29) is 25.9 Å². The Morgan fingerprint density at radius 3 is 2.10 bits per heavy atom. The molecule has 1 heterocycles. The number of alkyl halides is 2. The minimum Gasteiger partial charge on any atom is -0.480 e. The highest BCUT2D eigenvalue weighted by molar-refractivity contribution is 6.07. The van der Waals surface area contributed by atoms with E-state index in [0.29, 0.717) is 0 Å². The number of aliphatic carboxylic acids is 1. The molecule has 2 rings (SSSR count). The number of hydrogen-bond donors (Lipinski definition) is 2. The largest absolute Gasteiger partial charge is 0.480 e. The molecule has 1 atom stereocenters. The van der Waals surface area contributed by atoms with E-state index in [4.69, 9.17) is 4.74 Å². The van der Waals surface area contributed by atoms with Crippen molar-refractivity contribution in [2.75, 3.05) is 13.1 Å². The zero-order valence-electron chi connectivity index (χ0n) is 11.8. The molecule has 1 aliphatic heterocycles. The van der Waals surface area contributed by atoms with E-state index < -0.39 is 34.3 Å². The van der Waals surface area contributed by atoms with Gasteiger partial charge in [0.15, 0.2) is 0 Å². The molecule has 7 heteroatoms. The third-order valence-electron chi connectivity index (χ3n) is 4.21. The zero-order chi connectivity index (χ0) is 15.4. The normalized spacial score (nSPS) is 30.9. The summed E-state index contributed by atoms with van der Waals surface area (Å²) in [4.78, 5) is 23.7. The number of carboxylic acid groups (broad SMARTS) is 1. The van der Waals surface area contributed by atoms with E-state index in [1.54, 1.807) is 0 Å². The van der Waals surface area contributed by atoms with Crippen molar-refractivity contribution in [3.63, 3.8) is 0 Å². The van der Waals surface area contributed by atoms with E-state index in [1.165, 1.54) is 20.8 Å². The van der Waals surface area contributed by atoms with Gasteiger partial charge in [-0.25, -0.2) is 8.78 Å². The van der Waals surface area contributed by atoms with Crippen molar-refractivity contribution < 1.29 is 28.2 Å². The van der Waals surface area contributed by atoms with E-state index in [1.807, 2.05) is 0 Å². The van der Waals surface area contributed by atoms with Crippen LogP contribution in [0.5, 0.6) is 0 Å². The number of ether oxygens (including phenoxy) is 1. The summed E-state index contributed by atoms with van der Waals surface area (Å²) in [6.45, 7) is 5.11. The molecule has 0 aromatic carbocycles. The molecule has 2 fully saturated rings. The number of rotatable bonds is 2. The van der Waals surface area contributed by atoms with Crippen LogP contribution >= 0.6 is 0 Å². The molecule has 0 aromatic heterocycles. The fourth-order valence-electron chi connectivity index (χ4n) is 3.25. The van der Waals surface area contributed by atoms with Crippen LogP contribution in [0.2, 0.25) is 0 Å². The summed E-state index contributed by atoms with van der Waals surface area (Å²) in [7, 11) is 0. The van der Waals surface area contributed by atoms with Crippen LogP contribution in [0.1, 0.15) is 33.6 Å². The van der Waals surface area contributed by atoms with Crippen LogP contribution in [0.15, 0.2) is 0 Å². The van der Waals surface area contributed by atoms with Crippen LogP contribution < -0.4 is 5.32 Å². The van der Waals surface area contributed by atoms with Crippen LogP contribution in [0, 0.1) is 10.8 Å². The van der Waals surface area contributed by atoms with Gasteiger partial charge >= 0.3 is 11.9 Å². The van der Waals surface area contributed by atoms with E-state index >= 15 is 0 Å². The highest BCUT2D eigenvalue weighted by Gasteiger charge is 2.98. The molecule has 1 saturated carbocycles. The second-order valence-electron chi connectivity index (χ2n) is 6.46. The zero-order valence-corrected chi connectivity index (χ0v) is 11.8. The van der Waals surface area contributed by atoms with Crippen molar-refractivity contribution in [3.05, 3.63) is 0 Å². The van der Waals surface area contributed by atoms with Crippen molar-refractivity contribution >= 4 is 11.9 Å². The average molecular weight is 291 g/mol. The molecule has 0 aromatic rings. The molecular weight excluding hydrogens is 272 g/mol. The molecule has 0 radical (unpaired) electrons. The molecule has 0 bridgehead atoms. The van der Waals surface area contributed by atoms with Gasteiger partial charge in [0.05, 0.1) is 5.41 Å². The third-order valence-corrected chi connectivity index (χ3v) is 4.21. The van der Waals surface area contributed by atoms with Crippen molar-refractivity contribution in [1.82, 2.24) is 5.32 Å². The standard InChI is InChI=1S/C13H19F2NO4/c1-10(2,3)20-9(19)12(8(17)18)11(13(12,14)15)4-6-16-7-5-11/h16H,4-7H2,1-3H3,(H,17,18). The number of nitrogens with one attached hydrogen (secondary N) is 1. The van der Waals surface area contributed by atoms with Gasteiger partial charge in [-0.15, -0.1) is 0 Å². The number of esters is 1. The van der Waals surface area contributed by atoms with Gasteiger partial charge < -0.3 is 15.2 Å². The van der Waals surface area contributed by atoms with Crippen molar-refractivity contribution in [2.45, 2.75) is 45.1 Å². The van der Waals surface area contributed by atoms with Crippen molar-refractivity contribution in [2.24, 2.45) is 10.8 Å². The van der Waals surface area contributed by atoms with Crippen LogP contribution in [-0.2, 0) is 14.3 Å². The van der Waals surface area contributed by atoms with Gasteiger partial charge in [0.1, 0.15) is 5.60 Å². The molecule has 1 aliphatic carbocycles. The summed E-state index contributed by atoms with van der Waals surface area (Å²) in [5.74, 6) is -6.70. The third kappa shape index (κ3) is 1.62. The number of carbonyl (C=O) groups is 2. The molecule has 2 aliphatic rings. The quantitative estimate of drug-likeness (QED) is 0.594. The molecule has 1 spiro atoms. The highest BCUT2D eigenvalue weighted by Crippen LogP contribution is 2.79. The first-order chi connectivity index (χ1) is 9.03. The van der Waals surface area contributed by atoms with Gasteiger partial charge in [-0.2, -0.15) is 0 Å². The number of carbonyl (C=O) groups excluding carboxylic acids is 1. The lowest BCUT2D eigenvalue weighted by molar-refractivity contribution is -0.175. The van der Waals surface area contributed by atoms with Crippen LogP contribution in [0.3, 0.4) is 0 Å². The second-order valence-corrected chi connectivity index (χ2v) is 6.46. The number of hydrogen-bond acceptors (Lipinski definition) is 4. The summed E-state index contributed by atoms with van der Waals surface area (Å²) >= 11 is 0. The smallest absolute Gasteiger partial charge is 0.331 e. The molecule has 114 valence electrons. The molecule has 5 nitrogen and oxygen atoms in total. The van der Waals surface area contributed by atoms with Gasteiger partial charge in [0.25, 0.3) is 5.92 Å². The van der Waals surface area contributed by atoms with Gasteiger partial charge in [-0.3, -0.25) is 9.59 Å². The summed E-state index contributed by atoms with van der Waals surface area (Å²) in [5, 5.41) is 12.2. The molecule has 20 heavy (non-hydrogen) atoms. The Morgan fingerprint density at radius 1 is 1.20 bits per heavy atom. The fraction of sp³-hybridized carbons (Fsp3) is 0.846. The molecule has 1 unspecified atom stereocenters. The first-order valence-electron chi connectivity index (χ1n) is 6.58. The van der Waals surface area contributed by atoms with Crippen LogP contribution in [0.4, 0.5) is 8.78 Å². The number of piperidine rings is 1. The van der Waals surface area contributed by atoms with Crippen LogP contribution in [-0.4, -0.2) is 41.7 Å². The summed E-state index contributed by atoms with van der Waals surface area (Å²) in [6.07, 6.45) is -0.100. The lowest BCUT2D eigenvalue weighted by Crippen LogP contribution is -2.41. The minimum atomic E-state index is -3.57. The van der Waals surface area contributed by atoms with Crippen molar-refractivity contribution in [1.29, 1.82) is 0 Å². The molecule has 0 amide bonds. The summed E-state index contributed by atoms with van der Waals surface area (Å²) in [5.41, 5.74) is -5.57. The Hall–Kier alpha value is -1.24. The average Bonchev–Trinajstić information content (AvgIpc) is 2.68. The Morgan fingerprint density at radius 2 is 1.70 bits per heavy atom. The predicted octanol–water partition coefficient (Wildman–Crippen LogP) is 1.42. The molecular formula is C13H19F2NO4. The SMILES string of the molecule is CC(C)(C)OC(=O)C1(C(=O)O)C(F)(F)C12CCNCC2. The van der Waals surface area contributed by atoms with Gasteiger partial charge in [-0.1, -0.05) is 0 Å². The first kappa shape index (κ1) is 15.2. The Bertz CT molecular complexity index is 452. The predicted molar refractivity (Wildman–Crippen MR) is 65.4 cm³/mol. The van der Waals surface area contributed by atoms with Crippen molar-refractivity contribution in [3.8, 4) is 0 Å². The minimum absolute atomic E-state index is 0.0501. The number of carboxylic acids is 1. The van der Waals surface area contributed by atoms with E-state index in [9.17, 15) is 23.5 Å². The maximum atomic E-state index is 14.4. The van der Waals surface area contributed by atoms with Crippen LogP contribution in [0.25, 0.3) is 0 Å². The number of halogens is 2. The lowest BCUT2D eigenvalue weighted by atomic mass is 9.84.